The number of nitrogens with zero attached hydrogens (tertiary/aromatic N) is 2. The van der Waals surface area contributed by atoms with Gasteiger partial charge in [-0.3, -0.25) is 19.7 Å². The molecule has 1 aromatic carbocycles. The molecule has 1 aliphatic heterocycles. The zero-order valence-electron chi connectivity index (χ0n) is 18.2. The zero-order valence-corrected chi connectivity index (χ0v) is 18.2. The fourth-order valence-electron chi connectivity index (χ4n) is 3.29. The molecule has 2 amide bonds. The monoisotopic (exact) mass is 440 g/mol. The fourth-order valence-corrected chi connectivity index (χ4v) is 3.29. The average molecular weight is 441 g/mol. The number of hydrogen-bond acceptors (Lipinski definition) is 7. The van der Waals surface area contributed by atoms with E-state index < -0.39 is 24.0 Å². The van der Waals surface area contributed by atoms with Gasteiger partial charge in [0.25, 0.3) is 11.8 Å². The predicted molar refractivity (Wildman–Crippen MR) is 117 cm³/mol. The second-order valence-corrected chi connectivity index (χ2v) is 7.84. The molecular weight excluding hydrogens is 412 g/mol. The lowest BCUT2D eigenvalue weighted by Gasteiger charge is -2.31. The maximum Gasteiger partial charge on any atom is 0.268 e. The first-order valence-corrected chi connectivity index (χ1v) is 10.4. The number of hydroxylamine groups is 1. The smallest absolute Gasteiger partial charge is 0.268 e. The molecule has 1 fully saturated rings. The molecule has 1 aromatic heterocycles. The molecule has 1 saturated heterocycles. The summed E-state index contributed by atoms with van der Waals surface area (Å²) in [5.41, 5.74) is 2.41. The van der Waals surface area contributed by atoms with Gasteiger partial charge in [-0.1, -0.05) is 5.92 Å². The number of aliphatic hydroxyl groups is 1. The molecule has 0 radical (unpaired) electrons. The van der Waals surface area contributed by atoms with Crippen molar-refractivity contribution < 1.29 is 24.3 Å². The summed E-state index contributed by atoms with van der Waals surface area (Å²) >= 11 is 0. The first kappa shape index (κ1) is 23.5. The van der Waals surface area contributed by atoms with Crippen LogP contribution in [0.1, 0.15) is 34.4 Å². The highest BCUT2D eigenvalue weighted by molar-refractivity contribution is 5.97. The Morgan fingerprint density at radius 3 is 2.41 bits per heavy atom. The molecule has 32 heavy (non-hydrogen) atoms. The van der Waals surface area contributed by atoms with E-state index in [-0.39, 0.29) is 0 Å². The fraction of sp³-hybridized carbons (Fsp3) is 0.391. The molecule has 1 aliphatic rings. The van der Waals surface area contributed by atoms with Gasteiger partial charge < -0.3 is 19.7 Å². The molecule has 0 bridgehead atoms. The van der Waals surface area contributed by atoms with E-state index in [0.29, 0.717) is 16.9 Å². The number of furan rings is 1. The molecule has 2 atom stereocenters. The van der Waals surface area contributed by atoms with E-state index in [4.69, 9.17) is 9.62 Å². The Morgan fingerprint density at radius 1 is 1.09 bits per heavy atom. The van der Waals surface area contributed by atoms with Crippen molar-refractivity contribution >= 4 is 11.8 Å². The molecule has 0 unspecified atom stereocenters. The van der Waals surface area contributed by atoms with Gasteiger partial charge >= 0.3 is 0 Å². The molecule has 0 spiro atoms. The minimum Gasteiger partial charge on any atom is -0.451 e. The molecule has 9 heteroatoms. The van der Waals surface area contributed by atoms with Gasteiger partial charge in [-0.2, -0.15) is 0 Å². The molecule has 0 saturated carbocycles. The van der Waals surface area contributed by atoms with Crippen LogP contribution in [0.3, 0.4) is 0 Å². The molecule has 170 valence electrons. The second-order valence-electron chi connectivity index (χ2n) is 7.84. The van der Waals surface area contributed by atoms with E-state index >= 15 is 0 Å². The number of hydrogen-bond donors (Lipinski definition) is 4. The van der Waals surface area contributed by atoms with Crippen molar-refractivity contribution in [3.05, 3.63) is 59.0 Å². The number of aliphatic hydroxyl groups excluding tert-OH is 1. The Morgan fingerprint density at radius 2 is 1.78 bits per heavy atom. The third-order valence-corrected chi connectivity index (χ3v) is 5.28. The Hall–Kier alpha value is -3.16. The van der Waals surface area contributed by atoms with Crippen molar-refractivity contribution in [1.29, 1.82) is 0 Å². The average Bonchev–Trinajstić information content (AvgIpc) is 3.24. The number of piperazine rings is 1. The van der Waals surface area contributed by atoms with Gasteiger partial charge in [0.1, 0.15) is 11.8 Å². The van der Waals surface area contributed by atoms with E-state index in [2.05, 4.69) is 34.0 Å². The Kier molecular flexibility index (Phi) is 8.03. The SMILES string of the molecule is C[C@@H](O)[C@H](NC(=O)c1ccc(C#Cc2ccc(CN3CCN(C)CC3)o2)cc1)C(=O)NO. The van der Waals surface area contributed by atoms with Crippen molar-refractivity contribution in [2.45, 2.75) is 25.6 Å². The lowest BCUT2D eigenvalue weighted by Crippen LogP contribution is -2.51. The molecule has 0 aliphatic carbocycles. The summed E-state index contributed by atoms with van der Waals surface area (Å²) in [4.78, 5) is 28.5. The van der Waals surface area contributed by atoms with Crippen LogP contribution < -0.4 is 10.8 Å². The largest absolute Gasteiger partial charge is 0.451 e. The Bertz CT molecular complexity index is 982. The Balaban J connectivity index is 1.58. The van der Waals surface area contributed by atoms with Crippen LogP contribution in [0.2, 0.25) is 0 Å². The van der Waals surface area contributed by atoms with Crippen LogP contribution in [0, 0.1) is 11.8 Å². The summed E-state index contributed by atoms with van der Waals surface area (Å²) in [7, 11) is 2.12. The van der Waals surface area contributed by atoms with Gasteiger partial charge in [0.15, 0.2) is 5.76 Å². The van der Waals surface area contributed by atoms with E-state index in [1.165, 1.54) is 12.4 Å². The van der Waals surface area contributed by atoms with Gasteiger partial charge in [0.2, 0.25) is 0 Å². The summed E-state index contributed by atoms with van der Waals surface area (Å²) in [6, 6.07) is 9.01. The first-order chi connectivity index (χ1) is 15.4. The summed E-state index contributed by atoms with van der Waals surface area (Å²) in [5, 5.41) is 20.7. The Labute approximate surface area is 187 Å². The van der Waals surface area contributed by atoms with Crippen LogP contribution in [0.5, 0.6) is 0 Å². The number of amides is 2. The van der Waals surface area contributed by atoms with Crippen LogP contribution in [0.15, 0.2) is 40.8 Å². The number of carbonyl (C=O) groups is 2. The van der Waals surface area contributed by atoms with Gasteiger partial charge in [-0.25, -0.2) is 5.48 Å². The van der Waals surface area contributed by atoms with Crippen molar-refractivity contribution in [2.24, 2.45) is 0 Å². The first-order valence-electron chi connectivity index (χ1n) is 10.4. The highest BCUT2D eigenvalue weighted by Crippen LogP contribution is 2.12. The van der Waals surface area contributed by atoms with Gasteiger partial charge in [0, 0.05) is 37.3 Å². The van der Waals surface area contributed by atoms with Crippen LogP contribution in [-0.2, 0) is 11.3 Å². The normalized spacial score (nSPS) is 16.5. The zero-order chi connectivity index (χ0) is 23.1. The third-order valence-electron chi connectivity index (χ3n) is 5.28. The van der Waals surface area contributed by atoms with Crippen molar-refractivity contribution in [2.75, 3.05) is 33.2 Å². The van der Waals surface area contributed by atoms with Crippen LogP contribution >= 0.6 is 0 Å². The number of benzene rings is 1. The standard InChI is InChI=1S/C23H28N4O5/c1-16(28)21(23(30)25-31)24-22(29)18-6-3-17(4-7-18)5-8-19-9-10-20(32-19)15-27-13-11-26(2)12-14-27/h3-4,6-7,9-10,16,21,28,31H,11-15H2,1-2H3,(H,24,29)(H,25,30)/t16-,21+/m1/s1. The van der Waals surface area contributed by atoms with Crippen molar-refractivity contribution in [1.82, 2.24) is 20.6 Å². The summed E-state index contributed by atoms with van der Waals surface area (Å²) < 4.78 is 5.82. The molecule has 3 rings (SSSR count). The van der Waals surface area contributed by atoms with E-state index in [0.717, 1.165) is 38.5 Å². The topological polar surface area (TPSA) is 118 Å². The highest BCUT2D eigenvalue weighted by atomic mass is 16.5. The summed E-state index contributed by atoms with van der Waals surface area (Å²) in [5.74, 6) is 5.99. The van der Waals surface area contributed by atoms with E-state index in [1.807, 2.05) is 12.1 Å². The predicted octanol–water partition coefficient (Wildman–Crippen LogP) is 0.411. The number of rotatable bonds is 6. The van der Waals surface area contributed by atoms with Crippen molar-refractivity contribution in [3.63, 3.8) is 0 Å². The quantitative estimate of drug-likeness (QED) is 0.292. The van der Waals surface area contributed by atoms with E-state index in [1.54, 1.807) is 24.3 Å². The summed E-state index contributed by atoms with van der Waals surface area (Å²) in [6.45, 7) is 6.23. The molecule has 4 N–H and O–H groups in total. The van der Waals surface area contributed by atoms with Gasteiger partial charge in [-0.15, -0.1) is 0 Å². The maximum atomic E-state index is 12.3. The van der Waals surface area contributed by atoms with Crippen molar-refractivity contribution in [3.8, 4) is 11.8 Å². The van der Waals surface area contributed by atoms with Gasteiger partial charge in [0.05, 0.1) is 12.6 Å². The van der Waals surface area contributed by atoms with Crippen LogP contribution in [0.25, 0.3) is 0 Å². The molecule has 2 aromatic rings. The van der Waals surface area contributed by atoms with Crippen LogP contribution in [-0.4, -0.2) is 77.3 Å². The second kappa shape index (κ2) is 10.9. The highest BCUT2D eigenvalue weighted by Gasteiger charge is 2.25. The van der Waals surface area contributed by atoms with Crippen LogP contribution in [0.4, 0.5) is 0 Å². The molecule has 9 nitrogen and oxygen atoms in total. The minimum atomic E-state index is -1.27. The van der Waals surface area contributed by atoms with E-state index in [9.17, 15) is 14.7 Å². The maximum absolute atomic E-state index is 12.3. The third kappa shape index (κ3) is 6.42. The minimum absolute atomic E-state index is 0.291. The lowest BCUT2D eigenvalue weighted by atomic mass is 10.1. The summed E-state index contributed by atoms with van der Waals surface area (Å²) in [6.07, 6.45) is -1.18. The number of carbonyl (C=O) groups excluding carboxylic acids is 2. The van der Waals surface area contributed by atoms with Gasteiger partial charge in [-0.05, 0) is 56.3 Å². The lowest BCUT2D eigenvalue weighted by molar-refractivity contribution is -0.133. The number of likely N-dealkylation sites (N-methyl/N-ethyl adjacent to an activating group) is 1. The molecular formula is C23H28N4O5. The molecule has 2 heterocycles. The number of nitrogens with one attached hydrogen (secondary N) is 2.